The lowest BCUT2D eigenvalue weighted by Gasteiger charge is -2.30. The molecule has 1 saturated heterocycles. The molecule has 4 aromatic rings. The Balaban J connectivity index is 1.42. The van der Waals surface area contributed by atoms with E-state index in [4.69, 9.17) is 26.4 Å². The highest BCUT2D eigenvalue weighted by atomic mass is 32.1. The van der Waals surface area contributed by atoms with Crippen LogP contribution in [0.1, 0.15) is 17.0 Å². The smallest absolute Gasteiger partial charge is 0.287 e. The number of nitrogens with one attached hydrogen (secondary N) is 1. The molecular weight excluding hydrogens is 574 g/mol. The predicted octanol–water partition coefficient (Wildman–Crippen LogP) is 5.04. The molecule has 2 aromatic heterocycles. The van der Waals surface area contributed by atoms with Crippen LogP contribution in [0, 0.1) is 24.0 Å². The van der Waals surface area contributed by atoms with Crippen LogP contribution in [0.25, 0.3) is 11.8 Å². The molecule has 5 rings (SSSR count). The number of thiocarbonyl (C=S) groups is 1. The third-order valence-electron chi connectivity index (χ3n) is 6.75. The molecule has 0 radical (unpaired) electrons. The standard InChI is InChI=1S/C30H25N5O7S/c1-17-13-19(14-24-28(36)32-30(43)34(29(24)37)25-11-10-23(40-3)15-26(25)41-4)18(2)33(17)20-5-8-22(9-6-20)42-27-12-7-21(16-31-27)35(38)39/h5-16H,1-4H3,(H,32,36,43). The monoisotopic (exact) mass is 599 g/mol. The second-order valence-electron chi connectivity index (χ2n) is 9.37. The van der Waals surface area contributed by atoms with Crippen molar-refractivity contribution in [2.75, 3.05) is 19.1 Å². The maximum atomic E-state index is 13.6. The lowest BCUT2D eigenvalue weighted by Crippen LogP contribution is -2.54. The van der Waals surface area contributed by atoms with Gasteiger partial charge in [-0.05, 0) is 80.2 Å². The van der Waals surface area contributed by atoms with E-state index in [1.165, 1.54) is 31.3 Å². The Hall–Kier alpha value is -5.56. The molecule has 43 heavy (non-hydrogen) atoms. The number of aryl methyl sites for hydroxylation is 1. The van der Waals surface area contributed by atoms with Gasteiger partial charge in [-0.1, -0.05) is 0 Å². The second kappa shape index (κ2) is 11.7. The molecule has 0 bridgehead atoms. The minimum Gasteiger partial charge on any atom is -0.497 e. The third kappa shape index (κ3) is 5.65. The van der Waals surface area contributed by atoms with Gasteiger partial charge in [-0.3, -0.25) is 25.0 Å². The van der Waals surface area contributed by atoms with Crippen LogP contribution >= 0.6 is 12.2 Å². The van der Waals surface area contributed by atoms with Crippen LogP contribution in [-0.2, 0) is 9.59 Å². The summed E-state index contributed by atoms with van der Waals surface area (Å²) >= 11 is 5.35. The molecule has 0 unspecified atom stereocenters. The zero-order valence-corrected chi connectivity index (χ0v) is 24.3. The summed E-state index contributed by atoms with van der Waals surface area (Å²) < 4.78 is 18.4. The summed E-state index contributed by atoms with van der Waals surface area (Å²) in [6.45, 7) is 3.79. The first-order valence-electron chi connectivity index (χ1n) is 12.8. The molecule has 2 aromatic carbocycles. The van der Waals surface area contributed by atoms with E-state index in [1.54, 1.807) is 36.4 Å². The van der Waals surface area contributed by atoms with Gasteiger partial charge in [-0.15, -0.1) is 0 Å². The number of carbonyl (C=O) groups excluding carboxylic acids is 2. The molecule has 0 aliphatic carbocycles. The van der Waals surface area contributed by atoms with Crippen molar-refractivity contribution in [3.8, 4) is 28.8 Å². The maximum absolute atomic E-state index is 13.6. The molecule has 1 aliphatic rings. The van der Waals surface area contributed by atoms with Crippen LogP contribution in [0.15, 0.2) is 72.4 Å². The van der Waals surface area contributed by atoms with Crippen LogP contribution in [0.2, 0.25) is 0 Å². The summed E-state index contributed by atoms with van der Waals surface area (Å²) in [4.78, 5) is 42.1. The number of nitro groups is 1. The fourth-order valence-electron chi connectivity index (χ4n) is 4.66. The van der Waals surface area contributed by atoms with Gasteiger partial charge in [-0.2, -0.15) is 0 Å². The van der Waals surface area contributed by atoms with Crippen molar-refractivity contribution in [1.29, 1.82) is 0 Å². The summed E-state index contributed by atoms with van der Waals surface area (Å²) in [5.74, 6) is 0.390. The fraction of sp³-hybridized carbons (Fsp3) is 0.133. The molecule has 13 heteroatoms. The first-order chi connectivity index (χ1) is 20.6. The van der Waals surface area contributed by atoms with Crippen LogP contribution in [0.5, 0.6) is 23.1 Å². The van der Waals surface area contributed by atoms with E-state index >= 15 is 0 Å². The molecule has 1 aliphatic heterocycles. The van der Waals surface area contributed by atoms with Crippen molar-refractivity contribution < 1.29 is 28.7 Å². The number of benzene rings is 2. The number of anilines is 1. The van der Waals surface area contributed by atoms with E-state index in [1.807, 2.05) is 36.6 Å². The Kier molecular flexibility index (Phi) is 7.90. The van der Waals surface area contributed by atoms with Gasteiger partial charge < -0.3 is 18.8 Å². The number of carbonyl (C=O) groups is 2. The average Bonchev–Trinajstić information content (AvgIpc) is 3.28. The zero-order valence-electron chi connectivity index (χ0n) is 23.5. The molecule has 0 atom stereocenters. The Morgan fingerprint density at radius 2 is 1.70 bits per heavy atom. The van der Waals surface area contributed by atoms with Crippen molar-refractivity contribution >= 4 is 46.6 Å². The molecule has 12 nitrogen and oxygen atoms in total. The van der Waals surface area contributed by atoms with E-state index in [2.05, 4.69) is 10.3 Å². The van der Waals surface area contributed by atoms with Crippen molar-refractivity contribution in [2.45, 2.75) is 13.8 Å². The molecule has 0 spiro atoms. The highest BCUT2D eigenvalue weighted by Gasteiger charge is 2.36. The Morgan fingerprint density at radius 3 is 2.33 bits per heavy atom. The largest absolute Gasteiger partial charge is 0.497 e. The van der Waals surface area contributed by atoms with E-state index in [0.717, 1.165) is 23.3 Å². The van der Waals surface area contributed by atoms with Gasteiger partial charge in [-0.25, -0.2) is 9.88 Å². The van der Waals surface area contributed by atoms with Crippen molar-refractivity contribution in [3.05, 3.63) is 99.5 Å². The summed E-state index contributed by atoms with van der Waals surface area (Å²) in [6.07, 6.45) is 2.67. The Bertz CT molecular complexity index is 1800. The summed E-state index contributed by atoms with van der Waals surface area (Å²) in [7, 11) is 2.98. The van der Waals surface area contributed by atoms with Gasteiger partial charge >= 0.3 is 0 Å². The highest BCUT2D eigenvalue weighted by Crippen LogP contribution is 2.35. The number of rotatable bonds is 8. The number of methoxy groups -OCH3 is 2. The highest BCUT2D eigenvalue weighted by molar-refractivity contribution is 7.80. The number of hydrogen-bond acceptors (Lipinski definition) is 9. The van der Waals surface area contributed by atoms with Crippen molar-refractivity contribution in [3.63, 3.8) is 0 Å². The van der Waals surface area contributed by atoms with Gasteiger partial charge in [0.05, 0.1) is 24.8 Å². The fourth-order valence-corrected chi connectivity index (χ4v) is 4.93. The number of ether oxygens (including phenoxy) is 3. The molecule has 1 N–H and O–H groups in total. The van der Waals surface area contributed by atoms with E-state index < -0.39 is 16.7 Å². The quantitative estimate of drug-likeness (QED) is 0.0971. The van der Waals surface area contributed by atoms with Gasteiger partial charge in [0.2, 0.25) is 5.88 Å². The molecule has 218 valence electrons. The number of amides is 2. The number of hydrogen-bond donors (Lipinski definition) is 1. The van der Waals surface area contributed by atoms with Crippen LogP contribution in [0.4, 0.5) is 11.4 Å². The van der Waals surface area contributed by atoms with Crippen LogP contribution in [-0.4, -0.2) is 45.6 Å². The molecule has 3 heterocycles. The number of aromatic nitrogens is 2. The van der Waals surface area contributed by atoms with Gasteiger partial charge in [0.1, 0.15) is 29.0 Å². The second-order valence-corrected chi connectivity index (χ2v) is 9.75. The Morgan fingerprint density at radius 1 is 0.977 bits per heavy atom. The van der Waals surface area contributed by atoms with E-state index in [9.17, 15) is 19.7 Å². The average molecular weight is 600 g/mol. The molecule has 2 amide bonds. The van der Waals surface area contributed by atoms with E-state index in [0.29, 0.717) is 28.5 Å². The zero-order chi connectivity index (χ0) is 30.8. The normalized spacial score (nSPS) is 14.1. The topological polar surface area (TPSA) is 138 Å². The molecular formula is C30H25N5O7S. The third-order valence-corrected chi connectivity index (χ3v) is 7.03. The van der Waals surface area contributed by atoms with Crippen LogP contribution in [0.3, 0.4) is 0 Å². The SMILES string of the molecule is COc1ccc(N2C(=O)C(=Cc3cc(C)n(-c4ccc(Oc5ccc([N+](=O)[O-])cn5)cc4)c3C)C(=O)NC2=S)c(OC)c1. The summed E-state index contributed by atoms with van der Waals surface area (Å²) in [6, 6.07) is 16.7. The summed E-state index contributed by atoms with van der Waals surface area (Å²) in [5.41, 5.74) is 3.28. The first-order valence-corrected chi connectivity index (χ1v) is 13.2. The predicted molar refractivity (Wildman–Crippen MR) is 162 cm³/mol. The number of nitrogens with zero attached hydrogens (tertiary/aromatic N) is 4. The van der Waals surface area contributed by atoms with Gasteiger partial charge in [0.15, 0.2) is 5.11 Å². The Labute approximate surface area is 251 Å². The minimum atomic E-state index is -0.607. The maximum Gasteiger partial charge on any atom is 0.287 e. The number of pyridine rings is 1. The lowest BCUT2D eigenvalue weighted by atomic mass is 10.1. The van der Waals surface area contributed by atoms with Gasteiger partial charge in [0.25, 0.3) is 17.5 Å². The van der Waals surface area contributed by atoms with Gasteiger partial charge in [0, 0.05) is 35.3 Å². The van der Waals surface area contributed by atoms with Crippen molar-refractivity contribution in [2.24, 2.45) is 0 Å². The molecule has 1 fully saturated rings. The summed E-state index contributed by atoms with van der Waals surface area (Å²) in [5, 5.41) is 13.4. The van der Waals surface area contributed by atoms with Crippen LogP contribution < -0.4 is 24.4 Å². The van der Waals surface area contributed by atoms with Crippen molar-refractivity contribution in [1.82, 2.24) is 14.9 Å². The lowest BCUT2D eigenvalue weighted by molar-refractivity contribution is -0.385. The molecule has 0 saturated carbocycles. The van der Waals surface area contributed by atoms with E-state index in [-0.39, 0.29) is 22.3 Å². The minimum absolute atomic E-state index is 0.0627. The first kappa shape index (κ1) is 29.0.